The number of fused-ring (bicyclic) bond motifs is 8. The number of hydrogen-bond donors (Lipinski definition) is 0. The maximum absolute atomic E-state index is 5.28. The van der Waals surface area contributed by atoms with Gasteiger partial charge in [-0.05, 0) is 51.9 Å². The summed E-state index contributed by atoms with van der Waals surface area (Å²) in [4.78, 5) is 10.5. The summed E-state index contributed by atoms with van der Waals surface area (Å²) in [7, 11) is 0. The Bertz CT molecular complexity index is 2400. The fourth-order valence-electron chi connectivity index (χ4n) is 6.60. The first kappa shape index (κ1) is 23.9. The zero-order chi connectivity index (χ0) is 28.3. The molecule has 0 N–H and O–H groups in total. The summed E-state index contributed by atoms with van der Waals surface area (Å²) in [5, 5.41) is 7.57. The van der Waals surface area contributed by atoms with Crippen molar-refractivity contribution in [3.05, 3.63) is 152 Å². The summed E-state index contributed by atoms with van der Waals surface area (Å²) in [5.41, 5.74) is 9.06. The van der Waals surface area contributed by atoms with Gasteiger partial charge < -0.3 is 4.57 Å². The molecule has 0 bridgehead atoms. The molecule has 2 aromatic heterocycles. The molecule has 200 valence electrons. The highest BCUT2D eigenvalue weighted by Crippen LogP contribution is 2.41. The summed E-state index contributed by atoms with van der Waals surface area (Å²) >= 11 is 0. The van der Waals surface area contributed by atoms with Crippen molar-refractivity contribution in [1.29, 1.82) is 0 Å². The van der Waals surface area contributed by atoms with E-state index >= 15 is 0 Å². The number of nitrogens with zero attached hydrogens (tertiary/aromatic N) is 3. The van der Waals surface area contributed by atoms with E-state index in [0.717, 1.165) is 39.2 Å². The largest absolute Gasteiger partial charge is 0.309 e. The summed E-state index contributed by atoms with van der Waals surface area (Å²) in [5.74, 6) is 0. The number of benzene rings is 7. The van der Waals surface area contributed by atoms with Crippen LogP contribution in [0.5, 0.6) is 0 Å². The lowest BCUT2D eigenvalue weighted by molar-refractivity contribution is 1.18. The van der Waals surface area contributed by atoms with Crippen molar-refractivity contribution >= 4 is 54.4 Å². The first-order valence-electron chi connectivity index (χ1n) is 14.6. The van der Waals surface area contributed by atoms with Gasteiger partial charge in [-0.15, -0.1) is 0 Å². The van der Waals surface area contributed by atoms with Crippen LogP contribution in [0.15, 0.2) is 152 Å². The zero-order valence-electron chi connectivity index (χ0n) is 23.3. The first-order valence-corrected chi connectivity index (χ1v) is 14.6. The Labute approximate surface area is 248 Å². The molecule has 0 unspecified atom stereocenters. The van der Waals surface area contributed by atoms with E-state index in [-0.39, 0.29) is 0 Å². The van der Waals surface area contributed by atoms with E-state index in [9.17, 15) is 0 Å². The van der Waals surface area contributed by atoms with Crippen LogP contribution in [0.3, 0.4) is 0 Å². The van der Waals surface area contributed by atoms with Crippen LogP contribution >= 0.6 is 0 Å². The van der Waals surface area contributed by atoms with E-state index in [1.54, 1.807) is 0 Å². The predicted molar refractivity (Wildman–Crippen MR) is 180 cm³/mol. The molecule has 3 nitrogen and oxygen atoms in total. The van der Waals surface area contributed by atoms with Gasteiger partial charge in [0.1, 0.15) is 0 Å². The van der Waals surface area contributed by atoms with Crippen LogP contribution in [-0.2, 0) is 0 Å². The van der Waals surface area contributed by atoms with Gasteiger partial charge in [0.15, 0.2) is 0 Å². The average molecular weight is 548 g/mol. The van der Waals surface area contributed by atoms with Crippen molar-refractivity contribution in [3.8, 4) is 28.2 Å². The third-order valence-electron chi connectivity index (χ3n) is 8.55. The summed E-state index contributed by atoms with van der Waals surface area (Å²) < 4.78 is 2.39. The van der Waals surface area contributed by atoms with Gasteiger partial charge in [-0.25, -0.2) is 9.97 Å². The summed E-state index contributed by atoms with van der Waals surface area (Å²) in [6, 6.07) is 53.5. The number of rotatable bonds is 3. The van der Waals surface area contributed by atoms with Gasteiger partial charge in [0.05, 0.1) is 33.5 Å². The average Bonchev–Trinajstić information content (AvgIpc) is 3.43. The van der Waals surface area contributed by atoms with Crippen molar-refractivity contribution in [1.82, 2.24) is 14.5 Å². The van der Waals surface area contributed by atoms with E-state index in [2.05, 4.69) is 144 Å². The van der Waals surface area contributed by atoms with E-state index in [1.165, 1.54) is 43.4 Å². The second-order valence-corrected chi connectivity index (χ2v) is 11.0. The minimum absolute atomic E-state index is 0.868. The Hall–Kier alpha value is -5.80. The second-order valence-electron chi connectivity index (χ2n) is 11.0. The molecule has 0 atom stereocenters. The second kappa shape index (κ2) is 9.37. The Balaban J connectivity index is 1.36. The SMILES string of the molecule is c1ccc(-c2nc3ccc(-n4c5ccc6ccccc6c5c5c6ccccc6ccc54)cc3nc2-c2ccccc2)cc1. The molecule has 9 aromatic rings. The number of aromatic nitrogens is 3. The van der Waals surface area contributed by atoms with Crippen molar-refractivity contribution in [3.63, 3.8) is 0 Å². The Kier molecular flexibility index (Phi) is 5.20. The standard InChI is InChI=1S/C40H25N3/c1-3-13-28(14-4-1)39-40(29-15-5-2-6-16-29)42-34-25-30(21-22-33(34)41-39)43-35-23-19-26-11-7-9-17-31(26)37(35)38-32-18-10-8-12-27(32)20-24-36(38)43/h1-25H. The molecule has 0 fully saturated rings. The molecule has 9 rings (SSSR count). The zero-order valence-corrected chi connectivity index (χ0v) is 23.3. The highest BCUT2D eigenvalue weighted by molar-refractivity contribution is 6.28. The van der Waals surface area contributed by atoms with Crippen LogP contribution in [0.4, 0.5) is 0 Å². The monoisotopic (exact) mass is 547 g/mol. The van der Waals surface area contributed by atoms with Gasteiger partial charge in [0.25, 0.3) is 0 Å². The molecule has 0 aliphatic rings. The first-order chi connectivity index (χ1) is 21.3. The normalized spacial score (nSPS) is 11.7. The molecule has 43 heavy (non-hydrogen) atoms. The van der Waals surface area contributed by atoms with E-state index in [0.29, 0.717) is 0 Å². The maximum atomic E-state index is 5.28. The Morgan fingerprint density at radius 1 is 0.395 bits per heavy atom. The van der Waals surface area contributed by atoms with Crippen molar-refractivity contribution < 1.29 is 0 Å². The van der Waals surface area contributed by atoms with Gasteiger partial charge in [-0.2, -0.15) is 0 Å². The molecule has 0 aliphatic carbocycles. The van der Waals surface area contributed by atoms with Gasteiger partial charge in [0.2, 0.25) is 0 Å². The molecular formula is C40H25N3. The highest BCUT2D eigenvalue weighted by atomic mass is 15.0. The van der Waals surface area contributed by atoms with E-state index in [1.807, 2.05) is 12.1 Å². The molecule has 3 heteroatoms. The maximum Gasteiger partial charge on any atom is 0.0973 e. The van der Waals surface area contributed by atoms with Crippen LogP contribution in [0.25, 0.3) is 82.6 Å². The molecule has 0 saturated carbocycles. The molecular weight excluding hydrogens is 522 g/mol. The number of hydrogen-bond acceptors (Lipinski definition) is 2. The van der Waals surface area contributed by atoms with Crippen LogP contribution in [-0.4, -0.2) is 14.5 Å². The van der Waals surface area contributed by atoms with Crippen molar-refractivity contribution in [2.24, 2.45) is 0 Å². The third-order valence-corrected chi connectivity index (χ3v) is 8.55. The lowest BCUT2D eigenvalue weighted by atomic mass is 10.00. The lowest BCUT2D eigenvalue weighted by Crippen LogP contribution is -1.98. The fourth-order valence-corrected chi connectivity index (χ4v) is 6.60. The summed E-state index contributed by atoms with van der Waals surface area (Å²) in [6.07, 6.45) is 0. The topological polar surface area (TPSA) is 30.7 Å². The minimum atomic E-state index is 0.868. The predicted octanol–water partition coefficient (Wildman–Crippen LogP) is 10.4. The van der Waals surface area contributed by atoms with Gasteiger partial charge in [0, 0.05) is 27.6 Å². The van der Waals surface area contributed by atoms with Gasteiger partial charge >= 0.3 is 0 Å². The minimum Gasteiger partial charge on any atom is -0.309 e. The van der Waals surface area contributed by atoms with E-state index in [4.69, 9.17) is 9.97 Å². The molecule has 7 aromatic carbocycles. The van der Waals surface area contributed by atoms with Crippen molar-refractivity contribution in [2.45, 2.75) is 0 Å². The fraction of sp³-hybridized carbons (Fsp3) is 0. The van der Waals surface area contributed by atoms with Crippen LogP contribution in [0.2, 0.25) is 0 Å². The van der Waals surface area contributed by atoms with Crippen LogP contribution in [0.1, 0.15) is 0 Å². The van der Waals surface area contributed by atoms with E-state index < -0.39 is 0 Å². The molecule has 2 heterocycles. The van der Waals surface area contributed by atoms with Gasteiger partial charge in [-0.3, -0.25) is 0 Å². The lowest BCUT2D eigenvalue weighted by Gasteiger charge is -2.13. The Morgan fingerprint density at radius 2 is 0.884 bits per heavy atom. The van der Waals surface area contributed by atoms with Crippen LogP contribution in [0, 0.1) is 0 Å². The smallest absolute Gasteiger partial charge is 0.0973 e. The molecule has 0 aliphatic heterocycles. The third kappa shape index (κ3) is 3.68. The highest BCUT2D eigenvalue weighted by Gasteiger charge is 2.18. The molecule has 0 amide bonds. The van der Waals surface area contributed by atoms with Gasteiger partial charge in [-0.1, -0.05) is 121 Å². The van der Waals surface area contributed by atoms with Crippen molar-refractivity contribution in [2.75, 3.05) is 0 Å². The molecule has 0 radical (unpaired) electrons. The summed E-state index contributed by atoms with van der Waals surface area (Å²) in [6.45, 7) is 0. The molecule has 0 spiro atoms. The van der Waals surface area contributed by atoms with Crippen LogP contribution < -0.4 is 0 Å². The quantitative estimate of drug-likeness (QED) is 0.220. The molecule has 0 saturated heterocycles. The Morgan fingerprint density at radius 3 is 1.44 bits per heavy atom.